The van der Waals surface area contributed by atoms with Gasteiger partial charge in [0.2, 0.25) is 0 Å². The maximum Gasteiger partial charge on any atom is 0.269 e. The highest BCUT2D eigenvalue weighted by Crippen LogP contribution is 2.33. The van der Waals surface area contributed by atoms with Crippen LogP contribution in [0.25, 0.3) is 0 Å². The summed E-state index contributed by atoms with van der Waals surface area (Å²) >= 11 is 0. The molecule has 0 aromatic heterocycles. The molecule has 144 valence electrons. The Morgan fingerprint density at radius 2 is 0.967 bits per heavy atom. The van der Waals surface area contributed by atoms with Crippen LogP contribution in [0, 0.1) is 22.0 Å². The van der Waals surface area contributed by atoms with Crippen LogP contribution in [0.4, 0.5) is 22.7 Å². The maximum absolute atomic E-state index is 10.7. The number of nitro benzene ring substituents is 1. The van der Waals surface area contributed by atoms with Crippen molar-refractivity contribution in [3.63, 3.8) is 0 Å². The van der Waals surface area contributed by atoms with Crippen molar-refractivity contribution in [2.75, 3.05) is 4.90 Å². The van der Waals surface area contributed by atoms with E-state index in [-0.39, 0.29) is 5.69 Å². The molecule has 4 aromatic rings. The van der Waals surface area contributed by atoms with Crippen LogP contribution in [0.2, 0.25) is 0 Å². The van der Waals surface area contributed by atoms with Gasteiger partial charge in [-0.1, -0.05) is 48.2 Å². The molecule has 0 spiro atoms. The summed E-state index contributed by atoms with van der Waals surface area (Å²) in [6, 6.07) is 34.7. The molecule has 4 nitrogen and oxygen atoms in total. The first-order valence-corrected chi connectivity index (χ1v) is 9.47. The number of non-ortho nitro benzene ring substituents is 1. The van der Waals surface area contributed by atoms with Crippen molar-refractivity contribution >= 4 is 22.7 Å². The van der Waals surface area contributed by atoms with Gasteiger partial charge in [0.1, 0.15) is 0 Å². The van der Waals surface area contributed by atoms with Crippen molar-refractivity contribution in [2.45, 2.75) is 0 Å². The number of hydrogen-bond acceptors (Lipinski definition) is 3. The van der Waals surface area contributed by atoms with E-state index >= 15 is 0 Å². The number of hydrogen-bond donors (Lipinski definition) is 0. The maximum atomic E-state index is 10.7. The van der Waals surface area contributed by atoms with Gasteiger partial charge in [-0.25, -0.2) is 0 Å². The first-order chi connectivity index (χ1) is 14.7. The SMILES string of the molecule is O=[N+]([O-])c1ccc(C#Cc2ccc(N(c3ccccc3)c3ccccc3)cc2)cc1. The Morgan fingerprint density at radius 1 is 0.567 bits per heavy atom. The molecule has 0 heterocycles. The van der Waals surface area contributed by atoms with Gasteiger partial charge in [0, 0.05) is 40.3 Å². The summed E-state index contributed by atoms with van der Waals surface area (Å²) in [4.78, 5) is 12.5. The normalized spacial score (nSPS) is 10.0. The fourth-order valence-corrected chi connectivity index (χ4v) is 3.11. The molecule has 0 aliphatic carbocycles. The van der Waals surface area contributed by atoms with E-state index in [1.807, 2.05) is 60.7 Å². The smallest absolute Gasteiger partial charge is 0.269 e. The summed E-state index contributed by atoms with van der Waals surface area (Å²) < 4.78 is 0. The second-order valence-electron chi connectivity index (χ2n) is 6.61. The molecule has 0 N–H and O–H groups in total. The van der Waals surface area contributed by atoms with Gasteiger partial charge < -0.3 is 4.90 Å². The van der Waals surface area contributed by atoms with E-state index in [0.29, 0.717) is 0 Å². The highest BCUT2D eigenvalue weighted by atomic mass is 16.6. The zero-order valence-corrected chi connectivity index (χ0v) is 16.1. The lowest BCUT2D eigenvalue weighted by molar-refractivity contribution is -0.384. The third-order valence-electron chi connectivity index (χ3n) is 4.58. The zero-order valence-electron chi connectivity index (χ0n) is 16.1. The Hall–Kier alpha value is -4.36. The highest BCUT2D eigenvalue weighted by Gasteiger charge is 2.11. The Labute approximate surface area is 175 Å². The van der Waals surface area contributed by atoms with Crippen LogP contribution in [0.1, 0.15) is 11.1 Å². The van der Waals surface area contributed by atoms with Crippen LogP contribution in [0.3, 0.4) is 0 Å². The van der Waals surface area contributed by atoms with Gasteiger partial charge in [-0.3, -0.25) is 10.1 Å². The number of nitrogens with zero attached hydrogens (tertiary/aromatic N) is 2. The van der Waals surface area contributed by atoms with E-state index in [4.69, 9.17) is 0 Å². The van der Waals surface area contributed by atoms with Gasteiger partial charge in [0.15, 0.2) is 0 Å². The molecule has 4 rings (SSSR count). The molecular formula is C26H18N2O2. The second-order valence-corrected chi connectivity index (χ2v) is 6.61. The van der Waals surface area contributed by atoms with Crippen LogP contribution in [-0.2, 0) is 0 Å². The van der Waals surface area contributed by atoms with Crippen molar-refractivity contribution < 1.29 is 4.92 Å². The molecular weight excluding hydrogens is 372 g/mol. The topological polar surface area (TPSA) is 46.4 Å². The summed E-state index contributed by atoms with van der Waals surface area (Å²) in [7, 11) is 0. The first kappa shape index (κ1) is 19.0. The van der Waals surface area contributed by atoms with Crippen LogP contribution in [0.15, 0.2) is 109 Å². The zero-order chi connectivity index (χ0) is 20.8. The molecule has 4 aromatic carbocycles. The summed E-state index contributed by atoms with van der Waals surface area (Å²) in [6.07, 6.45) is 0. The predicted octanol–water partition coefficient (Wildman–Crippen LogP) is 6.46. The lowest BCUT2D eigenvalue weighted by Gasteiger charge is -2.25. The third kappa shape index (κ3) is 4.37. The lowest BCUT2D eigenvalue weighted by atomic mass is 10.1. The van der Waals surface area contributed by atoms with Gasteiger partial charge >= 0.3 is 0 Å². The third-order valence-corrected chi connectivity index (χ3v) is 4.58. The van der Waals surface area contributed by atoms with Crippen LogP contribution >= 0.6 is 0 Å². The number of benzene rings is 4. The quantitative estimate of drug-likeness (QED) is 0.228. The molecule has 30 heavy (non-hydrogen) atoms. The van der Waals surface area contributed by atoms with E-state index in [1.165, 1.54) is 12.1 Å². The minimum Gasteiger partial charge on any atom is -0.311 e. The highest BCUT2D eigenvalue weighted by molar-refractivity contribution is 5.76. The first-order valence-electron chi connectivity index (χ1n) is 9.47. The van der Waals surface area contributed by atoms with Crippen molar-refractivity contribution in [3.05, 3.63) is 130 Å². The van der Waals surface area contributed by atoms with Gasteiger partial charge in [-0.05, 0) is 60.7 Å². The molecule has 0 radical (unpaired) electrons. The Balaban J connectivity index is 1.61. The summed E-state index contributed by atoms with van der Waals surface area (Å²) in [6.45, 7) is 0. The van der Waals surface area contributed by atoms with Crippen LogP contribution in [-0.4, -0.2) is 4.92 Å². The molecule has 0 saturated carbocycles. The van der Waals surface area contributed by atoms with Gasteiger partial charge in [0.05, 0.1) is 4.92 Å². The van der Waals surface area contributed by atoms with Crippen molar-refractivity contribution in [1.82, 2.24) is 0 Å². The van der Waals surface area contributed by atoms with E-state index in [9.17, 15) is 10.1 Å². The fraction of sp³-hybridized carbons (Fsp3) is 0. The van der Waals surface area contributed by atoms with Crippen LogP contribution < -0.4 is 4.90 Å². The molecule has 0 aliphatic heterocycles. The van der Waals surface area contributed by atoms with E-state index in [2.05, 4.69) is 41.0 Å². The molecule has 0 atom stereocenters. The molecule has 0 bridgehead atoms. The van der Waals surface area contributed by atoms with E-state index in [0.717, 1.165) is 28.2 Å². The van der Waals surface area contributed by atoms with E-state index < -0.39 is 4.92 Å². The number of rotatable bonds is 4. The Bertz CT molecular complexity index is 1150. The molecule has 4 heteroatoms. The number of para-hydroxylation sites is 2. The average Bonchev–Trinajstić information content (AvgIpc) is 2.80. The minimum absolute atomic E-state index is 0.0619. The van der Waals surface area contributed by atoms with Gasteiger partial charge in [-0.2, -0.15) is 0 Å². The molecule has 0 amide bonds. The predicted molar refractivity (Wildman–Crippen MR) is 120 cm³/mol. The van der Waals surface area contributed by atoms with Gasteiger partial charge in [-0.15, -0.1) is 0 Å². The summed E-state index contributed by atoms with van der Waals surface area (Å²) in [5.74, 6) is 6.17. The fourth-order valence-electron chi connectivity index (χ4n) is 3.11. The van der Waals surface area contributed by atoms with Crippen molar-refractivity contribution in [1.29, 1.82) is 0 Å². The standard InChI is InChI=1S/C26H18N2O2/c29-28(30)26-19-15-22(16-20-26)12-11-21-13-17-25(18-14-21)27(23-7-3-1-4-8-23)24-9-5-2-6-10-24/h1-10,13-20H. The lowest BCUT2D eigenvalue weighted by Crippen LogP contribution is -2.09. The summed E-state index contributed by atoms with van der Waals surface area (Å²) in [5, 5.41) is 10.7. The summed E-state index contributed by atoms with van der Waals surface area (Å²) in [5.41, 5.74) is 4.86. The minimum atomic E-state index is -0.416. The number of nitro groups is 1. The Morgan fingerprint density at radius 3 is 1.40 bits per heavy atom. The molecule has 0 fully saturated rings. The number of anilines is 3. The molecule has 0 aliphatic rings. The Kier molecular flexibility index (Phi) is 5.54. The van der Waals surface area contributed by atoms with Crippen molar-refractivity contribution in [3.8, 4) is 11.8 Å². The monoisotopic (exact) mass is 390 g/mol. The van der Waals surface area contributed by atoms with Crippen LogP contribution in [0.5, 0.6) is 0 Å². The average molecular weight is 390 g/mol. The largest absolute Gasteiger partial charge is 0.311 e. The molecule has 0 saturated heterocycles. The molecule has 0 unspecified atom stereocenters. The van der Waals surface area contributed by atoms with E-state index in [1.54, 1.807) is 12.1 Å². The second kappa shape index (κ2) is 8.76. The van der Waals surface area contributed by atoms with Crippen molar-refractivity contribution in [2.24, 2.45) is 0 Å². The van der Waals surface area contributed by atoms with Gasteiger partial charge in [0.25, 0.3) is 5.69 Å².